The Hall–Kier alpha value is -2.39. The van der Waals surface area contributed by atoms with Gasteiger partial charge >= 0.3 is 0 Å². The van der Waals surface area contributed by atoms with Crippen LogP contribution in [0, 0.1) is 17.2 Å². The Labute approximate surface area is 167 Å². The van der Waals surface area contributed by atoms with E-state index in [9.17, 15) is 9.59 Å². The number of nitrogens with one attached hydrogen (secondary N) is 1. The monoisotopic (exact) mass is 382 g/mol. The molecule has 1 N–H and O–H groups in total. The van der Waals surface area contributed by atoms with Crippen molar-refractivity contribution in [2.24, 2.45) is 5.92 Å². The second kappa shape index (κ2) is 9.70. The average molecular weight is 383 g/mol. The summed E-state index contributed by atoms with van der Waals surface area (Å²) in [5.41, 5.74) is 1.68. The van der Waals surface area contributed by atoms with Crippen LogP contribution in [0.1, 0.15) is 44.6 Å². The minimum absolute atomic E-state index is 0.0416. The fraction of sp³-hybridized carbons (Fsp3) is 0.591. The number of hydrogen-bond donors (Lipinski definition) is 1. The van der Waals surface area contributed by atoms with Crippen molar-refractivity contribution < 1.29 is 9.59 Å². The molecule has 1 aromatic carbocycles. The van der Waals surface area contributed by atoms with Crippen LogP contribution in [0.25, 0.3) is 0 Å². The lowest BCUT2D eigenvalue weighted by Gasteiger charge is -2.39. The maximum Gasteiger partial charge on any atom is 0.241 e. The molecule has 2 fully saturated rings. The number of benzene rings is 1. The van der Waals surface area contributed by atoms with E-state index < -0.39 is 0 Å². The lowest BCUT2D eigenvalue weighted by Crippen LogP contribution is -2.55. The van der Waals surface area contributed by atoms with Gasteiger partial charge in [0.1, 0.15) is 0 Å². The largest absolute Gasteiger partial charge is 0.340 e. The van der Waals surface area contributed by atoms with E-state index in [1.54, 1.807) is 0 Å². The minimum Gasteiger partial charge on any atom is -0.340 e. The molecule has 1 saturated carbocycles. The van der Waals surface area contributed by atoms with E-state index in [-0.39, 0.29) is 17.9 Å². The summed E-state index contributed by atoms with van der Waals surface area (Å²) in [6.45, 7) is 4.78. The highest BCUT2D eigenvalue weighted by Crippen LogP contribution is 2.26. The van der Waals surface area contributed by atoms with Gasteiger partial charge in [0, 0.05) is 37.8 Å². The third-order valence-corrected chi connectivity index (χ3v) is 6.01. The van der Waals surface area contributed by atoms with Gasteiger partial charge in [-0.3, -0.25) is 14.5 Å². The SMILES string of the molecule is CC(C(=O)Nc1ccc(CC#N)cc1)N1CCN(C(=O)C2CCCCC2)CC1. The van der Waals surface area contributed by atoms with E-state index in [0.717, 1.165) is 37.2 Å². The zero-order chi connectivity index (χ0) is 19.9. The smallest absolute Gasteiger partial charge is 0.241 e. The summed E-state index contributed by atoms with van der Waals surface area (Å²) in [6.07, 6.45) is 6.03. The fourth-order valence-electron chi connectivity index (χ4n) is 4.15. The summed E-state index contributed by atoms with van der Waals surface area (Å²) in [4.78, 5) is 29.4. The van der Waals surface area contributed by atoms with Gasteiger partial charge < -0.3 is 10.2 Å². The predicted molar refractivity (Wildman–Crippen MR) is 109 cm³/mol. The van der Waals surface area contributed by atoms with Crippen LogP contribution in [0.4, 0.5) is 5.69 Å². The first kappa shape index (κ1) is 20.3. The number of nitriles is 1. The Balaban J connectivity index is 1.47. The molecule has 0 radical (unpaired) electrons. The number of amides is 2. The Morgan fingerprint density at radius 1 is 1.11 bits per heavy atom. The molecule has 1 aliphatic heterocycles. The van der Waals surface area contributed by atoms with Gasteiger partial charge in [-0.25, -0.2) is 0 Å². The topological polar surface area (TPSA) is 76.4 Å². The van der Waals surface area contributed by atoms with Crippen molar-refractivity contribution in [3.8, 4) is 6.07 Å². The van der Waals surface area contributed by atoms with Crippen LogP contribution in [0.5, 0.6) is 0 Å². The Kier molecular flexibility index (Phi) is 7.05. The number of rotatable bonds is 5. The van der Waals surface area contributed by atoms with E-state index in [1.807, 2.05) is 36.1 Å². The highest BCUT2D eigenvalue weighted by Gasteiger charge is 2.31. The molecule has 6 nitrogen and oxygen atoms in total. The van der Waals surface area contributed by atoms with Crippen molar-refractivity contribution in [1.29, 1.82) is 5.26 Å². The Bertz CT molecular complexity index is 711. The van der Waals surface area contributed by atoms with Gasteiger partial charge in [-0.05, 0) is 37.5 Å². The van der Waals surface area contributed by atoms with Crippen LogP contribution >= 0.6 is 0 Å². The van der Waals surface area contributed by atoms with Gasteiger partial charge in [0.15, 0.2) is 0 Å². The molecule has 3 rings (SSSR count). The standard InChI is InChI=1S/C22H30N4O2/c1-17(21(27)24-20-9-7-18(8-10-20)11-12-23)25-13-15-26(16-14-25)22(28)19-5-3-2-4-6-19/h7-10,17,19H,2-6,11,13-16H2,1H3,(H,24,27). The van der Waals surface area contributed by atoms with Crippen LogP contribution in [0.3, 0.4) is 0 Å². The molecule has 6 heteroatoms. The molecule has 1 aliphatic carbocycles. The quantitative estimate of drug-likeness (QED) is 0.850. The van der Waals surface area contributed by atoms with E-state index in [4.69, 9.17) is 5.26 Å². The van der Waals surface area contributed by atoms with Crippen molar-refractivity contribution in [2.75, 3.05) is 31.5 Å². The van der Waals surface area contributed by atoms with Crippen LogP contribution < -0.4 is 5.32 Å². The second-order valence-electron chi connectivity index (χ2n) is 7.89. The summed E-state index contributed by atoms with van der Waals surface area (Å²) < 4.78 is 0. The number of piperazine rings is 1. The molecule has 1 atom stereocenters. The van der Waals surface area contributed by atoms with Gasteiger partial charge in [-0.15, -0.1) is 0 Å². The lowest BCUT2D eigenvalue weighted by atomic mass is 9.88. The van der Waals surface area contributed by atoms with Crippen molar-refractivity contribution in [1.82, 2.24) is 9.80 Å². The highest BCUT2D eigenvalue weighted by molar-refractivity contribution is 5.94. The zero-order valence-corrected chi connectivity index (χ0v) is 16.7. The molecule has 1 saturated heterocycles. The summed E-state index contributed by atoms with van der Waals surface area (Å²) in [6, 6.07) is 9.25. The van der Waals surface area contributed by atoms with Crippen LogP contribution in [0.15, 0.2) is 24.3 Å². The van der Waals surface area contributed by atoms with Gasteiger partial charge in [-0.1, -0.05) is 31.4 Å². The third kappa shape index (κ3) is 5.11. The second-order valence-corrected chi connectivity index (χ2v) is 7.89. The predicted octanol–water partition coefficient (Wildman–Crippen LogP) is 2.80. The minimum atomic E-state index is -0.245. The number of anilines is 1. The number of nitrogens with zero attached hydrogens (tertiary/aromatic N) is 3. The van der Waals surface area contributed by atoms with Crippen molar-refractivity contribution in [3.05, 3.63) is 29.8 Å². The molecular weight excluding hydrogens is 352 g/mol. The Morgan fingerprint density at radius 3 is 2.36 bits per heavy atom. The molecule has 0 bridgehead atoms. The zero-order valence-electron chi connectivity index (χ0n) is 16.7. The molecule has 1 heterocycles. The molecule has 1 unspecified atom stereocenters. The summed E-state index contributed by atoms with van der Waals surface area (Å²) >= 11 is 0. The van der Waals surface area contributed by atoms with E-state index in [2.05, 4.69) is 16.3 Å². The van der Waals surface area contributed by atoms with E-state index in [1.165, 1.54) is 19.3 Å². The van der Waals surface area contributed by atoms with Crippen molar-refractivity contribution in [2.45, 2.75) is 51.5 Å². The maximum absolute atomic E-state index is 12.7. The molecule has 0 spiro atoms. The summed E-state index contributed by atoms with van der Waals surface area (Å²) in [7, 11) is 0. The lowest BCUT2D eigenvalue weighted by molar-refractivity contribution is -0.139. The van der Waals surface area contributed by atoms with Gasteiger partial charge in [0.25, 0.3) is 0 Å². The normalized spacial score (nSPS) is 19.6. The maximum atomic E-state index is 12.7. The number of carbonyl (C=O) groups excluding carboxylic acids is 2. The fourth-order valence-corrected chi connectivity index (χ4v) is 4.15. The number of hydrogen-bond acceptors (Lipinski definition) is 4. The van der Waals surface area contributed by atoms with Gasteiger partial charge in [0.2, 0.25) is 11.8 Å². The molecule has 150 valence electrons. The van der Waals surface area contributed by atoms with Crippen LogP contribution in [0.2, 0.25) is 0 Å². The summed E-state index contributed by atoms with van der Waals surface area (Å²) in [5.74, 6) is 0.485. The highest BCUT2D eigenvalue weighted by atomic mass is 16.2. The van der Waals surface area contributed by atoms with E-state index in [0.29, 0.717) is 25.4 Å². The van der Waals surface area contributed by atoms with E-state index >= 15 is 0 Å². The molecular formula is C22H30N4O2. The van der Waals surface area contributed by atoms with Gasteiger partial charge in [-0.2, -0.15) is 5.26 Å². The molecule has 0 aromatic heterocycles. The Morgan fingerprint density at radius 2 is 1.75 bits per heavy atom. The van der Waals surface area contributed by atoms with Crippen LogP contribution in [-0.4, -0.2) is 53.8 Å². The van der Waals surface area contributed by atoms with Gasteiger partial charge in [0.05, 0.1) is 18.5 Å². The average Bonchev–Trinajstić information content (AvgIpc) is 2.75. The third-order valence-electron chi connectivity index (χ3n) is 6.01. The molecule has 2 amide bonds. The molecule has 28 heavy (non-hydrogen) atoms. The first-order valence-electron chi connectivity index (χ1n) is 10.4. The first-order valence-corrected chi connectivity index (χ1v) is 10.4. The van der Waals surface area contributed by atoms with Crippen molar-refractivity contribution in [3.63, 3.8) is 0 Å². The summed E-state index contributed by atoms with van der Waals surface area (Å²) in [5, 5.41) is 11.7. The first-order chi connectivity index (χ1) is 13.6. The number of carbonyl (C=O) groups is 2. The molecule has 1 aromatic rings. The molecule has 2 aliphatic rings. The van der Waals surface area contributed by atoms with Crippen molar-refractivity contribution >= 4 is 17.5 Å². The van der Waals surface area contributed by atoms with Crippen LogP contribution in [-0.2, 0) is 16.0 Å².